The number of hydrogen-bond donors (Lipinski definition) is 4. The van der Waals surface area contributed by atoms with E-state index in [1.807, 2.05) is 0 Å². The van der Waals surface area contributed by atoms with Gasteiger partial charge in [0, 0.05) is 12.6 Å². The summed E-state index contributed by atoms with van der Waals surface area (Å²) in [5, 5.41) is 10.7. The van der Waals surface area contributed by atoms with Gasteiger partial charge in [0.2, 0.25) is 5.91 Å². The molecule has 5 N–H and O–H groups in total. The van der Waals surface area contributed by atoms with Gasteiger partial charge in [-0.3, -0.25) is 14.8 Å². The summed E-state index contributed by atoms with van der Waals surface area (Å²) in [6.45, 7) is -0.118. The Labute approximate surface area is 97.2 Å². The van der Waals surface area contributed by atoms with Crippen LogP contribution in [0.4, 0.5) is 0 Å². The number of carbonyl (C=O) groups is 2. The topological polar surface area (TPSA) is 118 Å². The standard InChI is InChI=1S/C10H13N3O4/c11-6-8(10(15)13-16)12-9(14)4-3-7-2-1-5-17-7/h1-5,8,16H,6,11H2,(H,12,14)(H,13,15)/b4-3+/t8-/m0/s1. The molecule has 0 radical (unpaired) electrons. The number of furan rings is 1. The molecule has 92 valence electrons. The molecular formula is C10H13N3O4. The maximum atomic E-state index is 11.4. The van der Waals surface area contributed by atoms with Crippen molar-refractivity contribution in [3.8, 4) is 0 Å². The Morgan fingerprint density at radius 1 is 1.59 bits per heavy atom. The van der Waals surface area contributed by atoms with E-state index in [9.17, 15) is 9.59 Å². The predicted octanol–water partition coefficient (Wildman–Crippen LogP) is -0.758. The number of carbonyl (C=O) groups excluding carboxylic acids is 2. The molecule has 0 saturated carbocycles. The summed E-state index contributed by atoms with van der Waals surface area (Å²) in [7, 11) is 0. The molecule has 0 fully saturated rings. The van der Waals surface area contributed by atoms with Crippen LogP contribution < -0.4 is 16.5 Å². The van der Waals surface area contributed by atoms with Crippen molar-refractivity contribution < 1.29 is 19.2 Å². The quantitative estimate of drug-likeness (QED) is 0.306. The van der Waals surface area contributed by atoms with Crippen LogP contribution in [0.3, 0.4) is 0 Å². The van der Waals surface area contributed by atoms with Crippen LogP contribution in [0.25, 0.3) is 6.08 Å². The Bertz CT molecular complexity index is 400. The third-order valence-corrected chi connectivity index (χ3v) is 1.92. The molecule has 0 aliphatic carbocycles. The number of hydrogen-bond acceptors (Lipinski definition) is 5. The second-order valence-corrected chi connectivity index (χ2v) is 3.12. The van der Waals surface area contributed by atoms with Gasteiger partial charge in [-0.15, -0.1) is 0 Å². The van der Waals surface area contributed by atoms with Gasteiger partial charge in [0.05, 0.1) is 6.26 Å². The van der Waals surface area contributed by atoms with Crippen molar-refractivity contribution in [2.75, 3.05) is 6.54 Å². The number of amides is 2. The average molecular weight is 239 g/mol. The maximum Gasteiger partial charge on any atom is 0.267 e. The third kappa shape index (κ3) is 4.09. The van der Waals surface area contributed by atoms with Gasteiger partial charge in [-0.1, -0.05) is 0 Å². The zero-order valence-electron chi connectivity index (χ0n) is 8.92. The van der Waals surface area contributed by atoms with Gasteiger partial charge in [0.25, 0.3) is 5.91 Å². The van der Waals surface area contributed by atoms with Crippen LogP contribution >= 0.6 is 0 Å². The molecular weight excluding hydrogens is 226 g/mol. The zero-order valence-corrected chi connectivity index (χ0v) is 8.92. The highest BCUT2D eigenvalue weighted by Crippen LogP contribution is 2.01. The predicted molar refractivity (Wildman–Crippen MR) is 58.7 cm³/mol. The zero-order chi connectivity index (χ0) is 12.7. The van der Waals surface area contributed by atoms with Gasteiger partial charge >= 0.3 is 0 Å². The number of nitrogens with two attached hydrogens (primary N) is 1. The largest absolute Gasteiger partial charge is 0.465 e. The molecule has 1 rings (SSSR count). The first kappa shape index (κ1) is 12.9. The van der Waals surface area contributed by atoms with Crippen LogP contribution in [0.15, 0.2) is 28.9 Å². The molecule has 0 unspecified atom stereocenters. The highest BCUT2D eigenvalue weighted by atomic mass is 16.5. The van der Waals surface area contributed by atoms with Gasteiger partial charge in [0.15, 0.2) is 0 Å². The Morgan fingerprint density at radius 3 is 2.88 bits per heavy atom. The molecule has 1 aromatic rings. The van der Waals surface area contributed by atoms with Gasteiger partial charge in [-0.05, 0) is 18.2 Å². The van der Waals surface area contributed by atoms with Crippen LogP contribution in [0.5, 0.6) is 0 Å². The van der Waals surface area contributed by atoms with Crippen LogP contribution in [0, 0.1) is 0 Å². The normalized spacial score (nSPS) is 12.4. The van der Waals surface area contributed by atoms with Crippen molar-refractivity contribution in [3.63, 3.8) is 0 Å². The summed E-state index contributed by atoms with van der Waals surface area (Å²) in [5.41, 5.74) is 6.67. The fourth-order valence-corrected chi connectivity index (χ4v) is 1.07. The fourth-order valence-electron chi connectivity index (χ4n) is 1.07. The highest BCUT2D eigenvalue weighted by molar-refractivity contribution is 5.95. The molecule has 0 spiro atoms. The highest BCUT2D eigenvalue weighted by Gasteiger charge is 2.16. The summed E-state index contributed by atoms with van der Waals surface area (Å²) in [6, 6.07) is 2.37. The van der Waals surface area contributed by atoms with Gasteiger partial charge < -0.3 is 15.5 Å². The van der Waals surface area contributed by atoms with Crippen LogP contribution in [0.1, 0.15) is 5.76 Å². The minimum atomic E-state index is -0.978. The number of hydroxylamine groups is 1. The van der Waals surface area contributed by atoms with E-state index in [0.29, 0.717) is 5.76 Å². The van der Waals surface area contributed by atoms with Gasteiger partial charge in [-0.2, -0.15) is 0 Å². The van der Waals surface area contributed by atoms with Crippen molar-refractivity contribution in [1.82, 2.24) is 10.8 Å². The Morgan fingerprint density at radius 2 is 2.35 bits per heavy atom. The summed E-state index contributed by atoms with van der Waals surface area (Å²) < 4.78 is 4.97. The molecule has 0 aliphatic heterocycles. The number of nitrogens with one attached hydrogen (secondary N) is 2. The Kier molecular flexibility index (Phi) is 4.92. The first-order valence-corrected chi connectivity index (χ1v) is 4.83. The summed E-state index contributed by atoms with van der Waals surface area (Å²) >= 11 is 0. The molecule has 2 amide bonds. The van der Waals surface area contributed by atoms with Crippen LogP contribution in [-0.4, -0.2) is 29.6 Å². The molecule has 0 aliphatic rings. The van der Waals surface area contributed by atoms with E-state index in [-0.39, 0.29) is 6.54 Å². The van der Waals surface area contributed by atoms with E-state index in [2.05, 4.69) is 5.32 Å². The minimum Gasteiger partial charge on any atom is -0.465 e. The minimum absolute atomic E-state index is 0.118. The number of rotatable bonds is 5. The Hall–Kier alpha value is -2.12. The van der Waals surface area contributed by atoms with E-state index in [4.69, 9.17) is 15.4 Å². The van der Waals surface area contributed by atoms with Crippen LogP contribution in [0.2, 0.25) is 0 Å². The van der Waals surface area contributed by atoms with Gasteiger partial charge in [0.1, 0.15) is 11.8 Å². The average Bonchev–Trinajstić information content (AvgIpc) is 2.85. The van der Waals surface area contributed by atoms with Gasteiger partial charge in [-0.25, -0.2) is 5.48 Å². The van der Waals surface area contributed by atoms with E-state index in [1.54, 1.807) is 12.1 Å². The Balaban J connectivity index is 2.51. The molecule has 0 bridgehead atoms. The van der Waals surface area contributed by atoms with Crippen molar-refractivity contribution in [2.24, 2.45) is 5.73 Å². The monoisotopic (exact) mass is 239 g/mol. The lowest BCUT2D eigenvalue weighted by molar-refractivity contribution is -0.133. The smallest absolute Gasteiger partial charge is 0.267 e. The van der Waals surface area contributed by atoms with Crippen molar-refractivity contribution in [1.29, 1.82) is 0 Å². The summed E-state index contributed by atoms with van der Waals surface area (Å²) in [6.07, 6.45) is 4.12. The summed E-state index contributed by atoms with van der Waals surface area (Å²) in [4.78, 5) is 22.4. The third-order valence-electron chi connectivity index (χ3n) is 1.92. The first-order valence-electron chi connectivity index (χ1n) is 4.83. The molecule has 1 aromatic heterocycles. The van der Waals surface area contributed by atoms with E-state index >= 15 is 0 Å². The molecule has 0 saturated heterocycles. The first-order chi connectivity index (χ1) is 8.17. The van der Waals surface area contributed by atoms with E-state index < -0.39 is 17.9 Å². The summed E-state index contributed by atoms with van der Waals surface area (Å²) in [5.74, 6) is -0.774. The molecule has 7 nitrogen and oxygen atoms in total. The maximum absolute atomic E-state index is 11.4. The molecule has 17 heavy (non-hydrogen) atoms. The molecule has 0 aromatic carbocycles. The SMILES string of the molecule is NC[C@H](NC(=O)/C=C/c1ccco1)C(=O)NO. The fraction of sp³-hybridized carbons (Fsp3) is 0.200. The second-order valence-electron chi connectivity index (χ2n) is 3.12. The molecule has 1 heterocycles. The molecule has 1 atom stereocenters. The lowest BCUT2D eigenvalue weighted by Gasteiger charge is -2.12. The van der Waals surface area contributed by atoms with E-state index in [1.165, 1.54) is 23.9 Å². The van der Waals surface area contributed by atoms with E-state index in [0.717, 1.165) is 0 Å². The molecule has 7 heteroatoms. The van der Waals surface area contributed by atoms with Crippen LogP contribution in [-0.2, 0) is 9.59 Å². The second kappa shape index (κ2) is 6.46. The van der Waals surface area contributed by atoms with Crippen molar-refractivity contribution in [2.45, 2.75) is 6.04 Å². The lowest BCUT2D eigenvalue weighted by Crippen LogP contribution is -2.49. The van der Waals surface area contributed by atoms with Crippen molar-refractivity contribution in [3.05, 3.63) is 30.2 Å². The lowest BCUT2D eigenvalue weighted by atomic mass is 10.2. The van der Waals surface area contributed by atoms with Crippen molar-refractivity contribution >= 4 is 17.9 Å².